The molecule has 2 heterocycles. The minimum Gasteiger partial charge on any atom is -0.381 e. The summed E-state index contributed by atoms with van der Waals surface area (Å²) in [6, 6.07) is 9.04. The summed E-state index contributed by atoms with van der Waals surface area (Å²) in [6.45, 7) is 0. The second kappa shape index (κ2) is 3.35. The zero-order valence-electron chi connectivity index (χ0n) is 9.69. The highest BCUT2D eigenvalue weighted by atomic mass is 16.5. The van der Waals surface area contributed by atoms with Crippen LogP contribution in [0.3, 0.4) is 0 Å². The molecule has 92 valence electrons. The number of nitrogens with one attached hydrogen (secondary N) is 2. The van der Waals surface area contributed by atoms with Crippen LogP contribution in [0.25, 0.3) is 32.5 Å². The number of hydrogen-bond acceptors (Lipinski definition) is 3. The third kappa shape index (κ3) is 1.24. The highest BCUT2D eigenvalue weighted by molar-refractivity contribution is 6.15. The standard InChI is InChI=1S/C14H8N2O3/c17-13-10-4-3-9-8(11(10)14(18)16-13)2-1-7-5-6-15-19-12(7)9/h1-6,15H,(H,16,17,18). The van der Waals surface area contributed by atoms with Gasteiger partial charge in [-0.15, -0.1) is 0 Å². The van der Waals surface area contributed by atoms with Crippen molar-refractivity contribution in [1.29, 1.82) is 0 Å². The van der Waals surface area contributed by atoms with Gasteiger partial charge in [0.25, 0.3) is 11.1 Å². The maximum absolute atomic E-state index is 11.9. The van der Waals surface area contributed by atoms with Crippen molar-refractivity contribution in [1.82, 2.24) is 10.1 Å². The molecular weight excluding hydrogens is 244 g/mol. The number of H-pyrrole nitrogens is 2. The molecule has 5 heteroatoms. The zero-order chi connectivity index (χ0) is 13.0. The Kier molecular flexibility index (Phi) is 1.79. The van der Waals surface area contributed by atoms with Crippen LogP contribution in [0, 0.1) is 0 Å². The number of aromatic nitrogens is 2. The first-order chi connectivity index (χ1) is 9.25. The summed E-state index contributed by atoms with van der Waals surface area (Å²) in [7, 11) is 0. The third-order valence-corrected chi connectivity index (χ3v) is 3.37. The maximum atomic E-state index is 11.9. The van der Waals surface area contributed by atoms with Crippen molar-refractivity contribution in [3.05, 3.63) is 57.2 Å². The van der Waals surface area contributed by atoms with Crippen LogP contribution in [-0.2, 0) is 0 Å². The van der Waals surface area contributed by atoms with Gasteiger partial charge in [0, 0.05) is 17.0 Å². The van der Waals surface area contributed by atoms with E-state index in [1.165, 1.54) is 0 Å². The van der Waals surface area contributed by atoms with Crippen LogP contribution in [0.4, 0.5) is 0 Å². The van der Waals surface area contributed by atoms with Crippen LogP contribution in [0.15, 0.2) is 50.6 Å². The summed E-state index contributed by atoms with van der Waals surface area (Å²) in [5.41, 5.74) is -0.0432. The van der Waals surface area contributed by atoms with Crippen molar-refractivity contribution in [3.63, 3.8) is 0 Å². The minimum absolute atomic E-state index is 0.349. The lowest BCUT2D eigenvalue weighted by Crippen LogP contribution is -2.05. The molecule has 0 bridgehead atoms. The van der Waals surface area contributed by atoms with E-state index < -0.39 is 0 Å². The SMILES string of the molecule is O=c1[nH]c(=O)c2c1ccc1c2ccc2cc[nH]oc21. The van der Waals surface area contributed by atoms with Crippen molar-refractivity contribution in [2.45, 2.75) is 0 Å². The lowest BCUT2D eigenvalue weighted by molar-refractivity contribution is 0.444. The molecule has 0 unspecified atom stereocenters. The molecule has 19 heavy (non-hydrogen) atoms. The maximum Gasteiger partial charge on any atom is 0.259 e. The van der Waals surface area contributed by atoms with Crippen molar-refractivity contribution in [2.24, 2.45) is 0 Å². The second-order valence-electron chi connectivity index (χ2n) is 4.40. The smallest absolute Gasteiger partial charge is 0.259 e. The van der Waals surface area contributed by atoms with E-state index in [2.05, 4.69) is 10.1 Å². The Morgan fingerprint density at radius 2 is 1.63 bits per heavy atom. The van der Waals surface area contributed by atoms with Crippen LogP contribution in [0.5, 0.6) is 0 Å². The average molecular weight is 252 g/mol. The van der Waals surface area contributed by atoms with Crippen LogP contribution < -0.4 is 11.1 Å². The minimum atomic E-state index is -0.357. The van der Waals surface area contributed by atoms with Crippen molar-refractivity contribution >= 4 is 32.5 Å². The molecule has 0 radical (unpaired) electrons. The number of aromatic amines is 2. The normalized spacial score (nSPS) is 11.6. The van der Waals surface area contributed by atoms with E-state index in [-0.39, 0.29) is 11.1 Å². The number of fused-ring (bicyclic) bond motifs is 5. The first kappa shape index (κ1) is 10.1. The average Bonchev–Trinajstić information content (AvgIpc) is 2.74. The Hall–Kier alpha value is -2.82. The number of benzene rings is 2. The zero-order valence-corrected chi connectivity index (χ0v) is 9.69. The number of rotatable bonds is 0. The lowest BCUT2D eigenvalue weighted by Gasteiger charge is -2.02. The highest BCUT2D eigenvalue weighted by Gasteiger charge is 2.12. The van der Waals surface area contributed by atoms with Gasteiger partial charge < -0.3 is 4.52 Å². The molecule has 0 fully saturated rings. The largest absolute Gasteiger partial charge is 0.381 e. The van der Waals surface area contributed by atoms with Gasteiger partial charge in [0.15, 0.2) is 5.58 Å². The first-order valence-corrected chi connectivity index (χ1v) is 5.80. The third-order valence-electron chi connectivity index (χ3n) is 3.37. The Bertz CT molecular complexity index is 1050. The molecule has 0 saturated carbocycles. The molecule has 2 aromatic carbocycles. The van der Waals surface area contributed by atoms with E-state index >= 15 is 0 Å². The predicted molar refractivity (Wildman–Crippen MR) is 72.5 cm³/mol. The van der Waals surface area contributed by atoms with Gasteiger partial charge in [-0.05, 0) is 23.6 Å². The summed E-state index contributed by atoms with van der Waals surface area (Å²) in [5.74, 6) is 0. The van der Waals surface area contributed by atoms with Crippen LogP contribution in [0.1, 0.15) is 0 Å². The fourth-order valence-electron chi connectivity index (χ4n) is 2.52. The first-order valence-electron chi connectivity index (χ1n) is 5.80. The monoisotopic (exact) mass is 252 g/mol. The molecule has 0 aliphatic carbocycles. The molecule has 0 amide bonds. The van der Waals surface area contributed by atoms with Crippen molar-refractivity contribution < 1.29 is 4.52 Å². The second-order valence-corrected chi connectivity index (χ2v) is 4.40. The van der Waals surface area contributed by atoms with E-state index in [1.54, 1.807) is 18.3 Å². The molecule has 0 spiro atoms. The molecule has 0 aliphatic rings. The molecule has 0 atom stereocenters. The topological polar surface area (TPSA) is 78.9 Å². The summed E-state index contributed by atoms with van der Waals surface area (Å²) >= 11 is 0. The van der Waals surface area contributed by atoms with Gasteiger partial charge in [0.2, 0.25) is 0 Å². The van der Waals surface area contributed by atoms with Crippen molar-refractivity contribution in [3.8, 4) is 0 Å². The molecule has 2 N–H and O–H groups in total. The molecule has 5 nitrogen and oxygen atoms in total. The van der Waals surface area contributed by atoms with Gasteiger partial charge in [0.05, 0.1) is 10.8 Å². The molecule has 2 aromatic heterocycles. The quantitative estimate of drug-likeness (QED) is 0.470. The molecule has 4 rings (SSSR count). The van der Waals surface area contributed by atoms with Gasteiger partial charge >= 0.3 is 0 Å². The van der Waals surface area contributed by atoms with E-state index in [0.29, 0.717) is 16.4 Å². The fourth-order valence-corrected chi connectivity index (χ4v) is 2.52. The summed E-state index contributed by atoms with van der Waals surface area (Å²) in [4.78, 5) is 25.8. The van der Waals surface area contributed by atoms with E-state index in [4.69, 9.17) is 4.52 Å². The van der Waals surface area contributed by atoms with Crippen molar-refractivity contribution in [2.75, 3.05) is 0 Å². The predicted octanol–water partition coefficient (Wildman–Crippen LogP) is 2.12. The van der Waals surface area contributed by atoms with E-state index in [9.17, 15) is 9.59 Å². The van der Waals surface area contributed by atoms with Gasteiger partial charge in [0.1, 0.15) is 0 Å². The Labute approximate surface area is 105 Å². The van der Waals surface area contributed by atoms with Crippen LogP contribution in [-0.4, -0.2) is 10.1 Å². The van der Waals surface area contributed by atoms with Crippen LogP contribution >= 0.6 is 0 Å². The van der Waals surface area contributed by atoms with Crippen LogP contribution in [0.2, 0.25) is 0 Å². The van der Waals surface area contributed by atoms with E-state index in [0.717, 1.165) is 16.2 Å². The highest BCUT2D eigenvalue weighted by Crippen LogP contribution is 2.27. The molecule has 4 aromatic rings. The molecular formula is C14H8N2O3. The lowest BCUT2D eigenvalue weighted by atomic mass is 10.0. The van der Waals surface area contributed by atoms with Gasteiger partial charge in [-0.2, -0.15) is 0 Å². The summed E-state index contributed by atoms with van der Waals surface area (Å²) in [5, 5.41) is 5.96. The van der Waals surface area contributed by atoms with Gasteiger partial charge in [-0.1, -0.05) is 12.1 Å². The van der Waals surface area contributed by atoms with Gasteiger partial charge in [-0.25, -0.2) is 5.16 Å². The fraction of sp³-hybridized carbons (Fsp3) is 0. The Balaban J connectivity index is 2.39. The van der Waals surface area contributed by atoms with Gasteiger partial charge in [-0.3, -0.25) is 14.6 Å². The Morgan fingerprint density at radius 1 is 0.842 bits per heavy atom. The number of hydrogen-bond donors (Lipinski definition) is 2. The molecule has 0 saturated heterocycles. The summed E-state index contributed by atoms with van der Waals surface area (Å²) in [6.07, 6.45) is 1.69. The van der Waals surface area contributed by atoms with E-state index in [1.807, 2.05) is 18.2 Å². The summed E-state index contributed by atoms with van der Waals surface area (Å²) < 4.78 is 5.41. The Morgan fingerprint density at radius 3 is 2.53 bits per heavy atom. The molecule has 0 aliphatic heterocycles.